The lowest BCUT2D eigenvalue weighted by molar-refractivity contribution is -0.296. The topological polar surface area (TPSA) is 35.2 Å². The fraction of sp³-hybridized carbons (Fsp3) is 1.00. The summed E-state index contributed by atoms with van der Waals surface area (Å²) in [7, 11) is 1.13. The van der Waals surface area contributed by atoms with Crippen LogP contribution in [0, 0.1) is 5.92 Å². The molecule has 1 aliphatic carbocycles. The Morgan fingerprint density at radius 3 is 2.43 bits per heavy atom. The predicted molar refractivity (Wildman–Crippen MR) is 46.8 cm³/mol. The summed E-state index contributed by atoms with van der Waals surface area (Å²) in [5.41, 5.74) is 3.37. The second-order valence-electron chi connectivity index (χ2n) is 3.77. The number of hydrogen-bond acceptors (Lipinski definition) is 2. The summed E-state index contributed by atoms with van der Waals surface area (Å²) in [6.45, 7) is 0.0351. The molecule has 1 aliphatic rings. The van der Waals surface area contributed by atoms with E-state index in [2.05, 4.69) is 0 Å². The fourth-order valence-electron chi connectivity index (χ4n) is 2.28. The number of nitrogens with two attached hydrogens (primary N) is 1. The molecule has 0 radical (unpaired) electrons. The van der Waals surface area contributed by atoms with Gasteiger partial charge in [-0.25, -0.2) is 0 Å². The van der Waals surface area contributed by atoms with E-state index in [0.717, 1.165) is 13.5 Å². The van der Waals surface area contributed by atoms with Crippen LogP contribution in [-0.2, 0) is 4.74 Å². The minimum absolute atomic E-state index is 0.0351. The first-order valence-electron chi connectivity index (χ1n) is 4.80. The molecule has 1 fully saturated rings. The number of halogens is 3. The Labute approximate surface area is 81.6 Å². The van der Waals surface area contributed by atoms with Crippen molar-refractivity contribution in [3.05, 3.63) is 0 Å². The summed E-state index contributed by atoms with van der Waals surface area (Å²) in [6, 6.07) is 0. The zero-order valence-electron chi connectivity index (χ0n) is 8.23. The second-order valence-corrected chi connectivity index (χ2v) is 3.77. The van der Waals surface area contributed by atoms with Crippen LogP contribution < -0.4 is 5.73 Å². The Hall–Kier alpha value is -0.290. The average Bonchev–Trinajstić information content (AvgIpc) is 2.15. The first-order chi connectivity index (χ1) is 6.48. The molecule has 1 saturated carbocycles. The van der Waals surface area contributed by atoms with Crippen molar-refractivity contribution in [2.75, 3.05) is 13.7 Å². The highest BCUT2D eigenvalue weighted by atomic mass is 19.4. The van der Waals surface area contributed by atoms with E-state index in [1.54, 1.807) is 0 Å². The van der Waals surface area contributed by atoms with Gasteiger partial charge in [0.05, 0.1) is 0 Å². The van der Waals surface area contributed by atoms with Crippen molar-refractivity contribution in [2.24, 2.45) is 11.7 Å². The van der Waals surface area contributed by atoms with Crippen molar-refractivity contribution in [2.45, 2.75) is 37.5 Å². The summed E-state index contributed by atoms with van der Waals surface area (Å²) >= 11 is 0. The Morgan fingerprint density at radius 2 is 2.07 bits per heavy atom. The Bertz CT molecular complexity index is 195. The van der Waals surface area contributed by atoms with Crippen LogP contribution in [0.15, 0.2) is 0 Å². The molecule has 1 rings (SSSR count). The molecule has 0 aromatic rings. The lowest BCUT2D eigenvalue weighted by Crippen LogP contribution is -2.56. The highest BCUT2D eigenvalue weighted by Gasteiger charge is 2.59. The molecule has 0 saturated heterocycles. The van der Waals surface area contributed by atoms with Crippen LogP contribution in [0.4, 0.5) is 13.2 Å². The van der Waals surface area contributed by atoms with Crippen molar-refractivity contribution in [3.63, 3.8) is 0 Å². The van der Waals surface area contributed by atoms with Crippen LogP contribution in [0.3, 0.4) is 0 Å². The van der Waals surface area contributed by atoms with Gasteiger partial charge in [-0.1, -0.05) is 12.8 Å². The summed E-state index contributed by atoms with van der Waals surface area (Å²) in [6.07, 6.45) is -2.40. The van der Waals surface area contributed by atoms with E-state index in [4.69, 9.17) is 10.5 Å². The van der Waals surface area contributed by atoms with Gasteiger partial charge >= 0.3 is 6.18 Å². The smallest absolute Gasteiger partial charge is 0.368 e. The third-order valence-electron chi connectivity index (χ3n) is 3.14. The van der Waals surface area contributed by atoms with Gasteiger partial charge < -0.3 is 10.5 Å². The standard InChI is InChI=1S/C9H16F3NO/c1-14-8(9(10,11)12)5-3-2-4-7(8)6-13/h7H,2-6,13H2,1H3. The summed E-state index contributed by atoms with van der Waals surface area (Å²) < 4.78 is 43.3. The summed E-state index contributed by atoms with van der Waals surface area (Å²) in [4.78, 5) is 0. The molecule has 0 heterocycles. The van der Waals surface area contributed by atoms with Crippen molar-refractivity contribution in [1.82, 2.24) is 0 Å². The van der Waals surface area contributed by atoms with Crippen LogP contribution in [-0.4, -0.2) is 25.4 Å². The number of hydrogen-bond donors (Lipinski definition) is 1. The maximum absolute atomic E-state index is 12.9. The van der Waals surface area contributed by atoms with Crippen LogP contribution in [0.5, 0.6) is 0 Å². The van der Waals surface area contributed by atoms with Crippen LogP contribution in [0.2, 0.25) is 0 Å². The minimum Gasteiger partial charge on any atom is -0.368 e. The maximum Gasteiger partial charge on any atom is 0.417 e. The molecule has 84 valence electrons. The molecule has 0 aromatic carbocycles. The van der Waals surface area contributed by atoms with Gasteiger partial charge in [0.15, 0.2) is 5.60 Å². The van der Waals surface area contributed by atoms with E-state index < -0.39 is 17.7 Å². The second kappa shape index (κ2) is 4.06. The van der Waals surface area contributed by atoms with Gasteiger partial charge in [0.25, 0.3) is 0 Å². The van der Waals surface area contributed by atoms with Crippen LogP contribution in [0.1, 0.15) is 25.7 Å². The first-order valence-corrected chi connectivity index (χ1v) is 4.80. The van der Waals surface area contributed by atoms with Crippen LogP contribution >= 0.6 is 0 Å². The number of ether oxygens (including phenoxy) is 1. The minimum atomic E-state index is -4.31. The average molecular weight is 211 g/mol. The largest absolute Gasteiger partial charge is 0.417 e. The van der Waals surface area contributed by atoms with E-state index in [9.17, 15) is 13.2 Å². The molecule has 0 spiro atoms. The molecule has 2 nitrogen and oxygen atoms in total. The molecule has 0 aliphatic heterocycles. The van der Waals surface area contributed by atoms with Gasteiger partial charge in [-0.15, -0.1) is 0 Å². The van der Waals surface area contributed by atoms with Gasteiger partial charge in [-0.3, -0.25) is 0 Å². The lowest BCUT2D eigenvalue weighted by atomic mass is 9.74. The fourth-order valence-corrected chi connectivity index (χ4v) is 2.28. The zero-order chi connectivity index (χ0) is 10.8. The third-order valence-corrected chi connectivity index (χ3v) is 3.14. The van der Waals surface area contributed by atoms with Gasteiger partial charge in [-0.2, -0.15) is 13.2 Å². The van der Waals surface area contributed by atoms with E-state index in [0.29, 0.717) is 12.8 Å². The number of alkyl halides is 3. The molecule has 0 bridgehead atoms. The quantitative estimate of drug-likeness (QED) is 0.759. The van der Waals surface area contributed by atoms with Gasteiger partial charge in [-0.05, 0) is 19.4 Å². The van der Waals surface area contributed by atoms with E-state index in [1.165, 1.54) is 0 Å². The Morgan fingerprint density at radius 1 is 1.43 bits per heavy atom. The van der Waals surface area contributed by atoms with Crippen molar-refractivity contribution >= 4 is 0 Å². The van der Waals surface area contributed by atoms with E-state index in [-0.39, 0.29) is 13.0 Å². The van der Waals surface area contributed by atoms with Crippen molar-refractivity contribution in [3.8, 4) is 0 Å². The Balaban J connectivity index is 2.93. The highest BCUT2D eigenvalue weighted by molar-refractivity contribution is 4.97. The van der Waals surface area contributed by atoms with Gasteiger partial charge in [0, 0.05) is 13.0 Å². The molecule has 0 aromatic heterocycles. The Kier molecular flexibility index (Phi) is 3.42. The molecule has 0 amide bonds. The SMILES string of the molecule is COC1(C(F)(F)F)CCCCC1CN. The van der Waals surface area contributed by atoms with Crippen molar-refractivity contribution in [1.29, 1.82) is 0 Å². The first kappa shape index (κ1) is 11.8. The molecule has 5 heteroatoms. The normalized spacial score (nSPS) is 34.5. The van der Waals surface area contributed by atoms with Gasteiger partial charge in [0.1, 0.15) is 0 Å². The highest BCUT2D eigenvalue weighted by Crippen LogP contribution is 2.47. The predicted octanol–water partition coefficient (Wildman–Crippen LogP) is 2.08. The molecule has 14 heavy (non-hydrogen) atoms. The van der Waals surface area contributed by atoms with E-state index in [1.807, 2.05) is 0 Å². The molecule has 2 atom stereocenters. The molecular weight excluding hydrogens is 195 g/mol. The maximum atomic E-state index is 12.9. The number of methoxy groups -OCH3 is 1. The summed E-state index contributed by atoms with van der Waals surface area (Å²) in [5, 5.41) is 0. The third kappa shape index (κ3) is 1.75. The van der Waals surface area contributed by atoms with Gasteiger partial charge in [0.2, 0.25) is 0 Å². The molecule has 2 N–H and O–H groups in total. The zero-order valence-corrected chi connectivity index (χ0v) is 8.23. The van der Waals surface area contributed by atoms with E-state index >= 15 is 0 Å². The molecular formula is C9H16F3NO. The monoisotopic (exact) mass is 211 g/mol. The summed E-state index contributed by atoms with van der Waals surface area (Å²) in [5.74, 6) is -0.596. The number of rotatable bonds is 2. The van der Waals surface area contributed by atoms with Crippen LogP contribution in [0.25, 0.3) is 0 Å². The van der Waals surface area contributed by atoms with Crippen molar-refractivity contribution < 1.29 is 17.9 Å². The molecule has 2 unspecified atom stereocenters. The lowest BCUT2D eigenvalue weighted by Gasteiger charge is -2.43.